The minimum atomic E-state index is -4.34. The van der Waals surface area contributed by atoms with Crippen LogP contribution in [-0.2, 0) is 19.3 Å². The van der Waals surface area contributed by atoms with E-state index in [0.29, 0.717) is 18.8 Å². The molecule has 0 aromatic carbocycles. The Morgan fingerprint density at radius 3 is 2.64 bits per heavy atom. The van der Waals surface area contributed by atoms with Crippen LogP contribution >= 0.6 is 0 Å². The SMILES string of the molecule is CN1Cc2ccc(C(F)(F)F)nc2C1. The normalized spacial score (nSPS) is 17.1. The maximum absolute atomic E-state index is 12.3. The van der Waals surface area contributed by atoms with Gasteiger partial charge in [0.1, 0.15) is 5.69 Å². The molecule has 14 heavy (non-hydrogen) atoms. The Morgan fingerprint density at radius 2 is 2.00 bits per heavy atom. The number of alkyl halides is 3. The van der Waals surface area contributed by atoms with Crippen molar-refractivity contribution in [2.45, 2.75) is 19.3 Å². The Hall–Kier alpha value is -1.10. The molecule has 0 aliphatic carbocycles. The van der Waals surface area contributed by atoms with Gasteiger partial charge in [0, 0.05) is 13.1 Å². The fourth-order valence-corrected chi connectivity index (χ4v) is 1.57. The molecule has 5 heteroatoms. The van der Waals surface area contributed by atoms with Crippen LogP contribution in [0.2, 0.25) is 0 Å². The predicted molar refractivity (Wildman–Crippen MR) is 44.4 cm³/mol. The summed E-state index contributed by atoms with van der Waals surface area (Å²) in [5.41, 5.74) is 0.634. The van der Waals surface area contributed by atoms with Gasteiger partial charge in [0.2, 0.25) is 0 Å². The lowest BCUT2D eigenvalue weighted by molar-refractivity contribution is -0.141. The average Bonchev–Trinajstić information content (AvgIpc) is 2.41. The van der Waals surface area contributed by atoms with Crippen LogP contribution in [0.1, 0.15) is 17.0 Å². The molecule has 76 valence electrons. The van der Waals surface area contributed by atoms with Gasteiger partial charge < -0.3 is 0 Å². The summed E-state index contributed by atoms with van der Waals surface area (Å²) in [6, 6.07) is 2.55. The zero-order chi connectivity index (χ0) is 10.3. The molecule has 0 unspecified atom stereocenters. The van der Waals surface area contributed by atoms with E-state index in [0.717, 1.165) is 11.6 Å². The largest absolute Gasteiger partial charge is 0.433 e. The molecular weight excluding hydrogens is 193 g/mol. The van der Waals surface area contributed by atoms with E-state index in [1.165, 1.54) is 6.07 Å². The van der Waals surface area contributed by atoms with Crippen molar-refractivity contribution in [1.82, 2.24) is 9.88 Å². The summed E-state index contributed by atoms with van der Waals surface area (Å²) < 4.78 is 36.8. The Morgan fingerprint density at radius 1 is 1.29 bits per heavy atom. The van der Waals surface area contributed by atoms with Crippen molar-refractivity contribution in [3.63, 3.8) is 0 Å². The molecule has 0 spiro atoms. The maximum atomic E-state index is 12.3. The number of fused-ring (bicyclic) bond motifs is 1. The molecular formula is C9H9F3N2. The third-order valence-electron chi connectivity index (χ3n) is 2.22. The summed E-state index contributed by atoms with van der Waals surface area (Å²) in [6.07, 6.45) is -4.34. The molecule has 0 bridgehead atoms. The molecule has 1 aromatic heterocycles. The number of pyridine rings is 1. The van der Waals surface area contributed by atoms with Crippen molar-refractivity contribution < 1.29 is 13.2 Å². The second kappa shape index (κ2) is 2.95. The van der Waals surface area contributed by atoms with Crippen molar-refractivity contribution >= 4 is 0 Å². The highest BCUT2D eigenvalue weighted by molar-refractivity contribution is 5.27. The minimum Gasteiger partial charge on any atom is -0.296 e. The van der Waals surface area contributed by atoms with Crippen LogP contribution in [-0.4, -0.2) is 16.9 Å². The molecule has 0 saturated heterocycles. The highest BCUT2D eigenvalue weighted by Gasteiger charge is 2.33. The molecule has 0 saturated carbocycles. The van der Waals surface area contributed by atoms with Gasteiger partial charge in [-0.1, -0.05) is 6.07 Å². The quantitative estimate of drug-likeness (QED) is 0.640. The van der Waals surface area contributed by atoms with Crippen molar-refractivity contribution in [3.05, 3.63) is 29.1 Å². The van der Waals surface area contributed by atoms with Crippen LogP contribution < -0.4 is 0 Å². The molecule has 1 aromatic rings. The molecule has 0 amide bonds. The molecule has 0 radical (unpaired) electrons. The van der Waals surface area contributed by atoms with Crippen LogP contribution in [0.5, 0.6) is 0 Å². The van der Waals surface area contributed by atoms with E-state index in [4.69, 9.17) is 0 Å². The fourth-order valence-electron chi connectivity index (χ4n) is 1.57. The van der Waals surface area contributed by atoms with Gasteiger partial charge in [0.05, 0.1) is 5.69 Å². The van der Waals surface area contributed by atoms with Crippen molar-refractivity contribution in [2.24, 2.45) is 0 Å². The molecule has 2 nitrogen and oxygen atoms in total. The second-order valence-electron chi connectivity index (χ2n) is 3.47. The van der Waals surface area contributed by atoms with E-state index < -0.39 is 11.9 Å². The van der Waals surface area contributed by atoms with E-state index in [1.54, 1.807) is 0 Å². The molecule has 2 heterocycles. The molecule has 1 aliphatic heterocycles. The summed E-state index contributed by atoms with van der Waals surface area (Å²) in [5, 5.41) is 0. The lowest BCUT2D eigenvalue weighted by Gasteiger charge is -2.06. The van der Waals surface area contributed by atoms with E-state index >= 15 is 0 Å². The van der Waals surface area contributed by atoms with Crippen LogP contribution in [0.15, 0.2) is 12.1 Å². The summed E-state index contributed by atoms with van der Waals surface area (Å²) in [7, 11) is 1.86. The predicted octanol–water partition coefficient (Wildman–Crippen LogP) is 2.05. The number of hydrogen-bond donors (Lipinski definition) is 0. The average molecular weight is 202 g/mol. The summed E-state index contributed by atoms with van der Waals surface area (Å²) in [5.74, 6) is 0. The number of hydrogen-bond acceptors (Lipinski definition) is 2. The smallest absolute Gasteiger partial charge is 0.296 e. The van der Waals surface area contributed by atoms with Gasteiger partial charge in [0.25, 0.3) is 0 Å². The van der Waals surface area contributed by atoms with Crippen LogP contribution in [0.25, 0.3) is 0 Å². The number of aromatic nitrogens is 1. The topological polar surface area (TPSA) is 16.1 Å². The highest BCUT2D eigenvalue weighted by Crippen LogP contribution is 2.30. The minimum absolute atomic E-state index is 0.499. The lowest BCUT2D eigenvalue weighted by Crippen LogP contribution is -2.10. The van der Waals surface area contributed by atoms with Crippen molar-refractivity contribution in [2.75, 3.05) is 7.05 Å². The first-order valence-electron chi connectivity index (χ1n) is 4.21. The van der Waals surface area contributed by atoms with Gasteiger partial charge in [-0.25, -0.2) is 4.98 Å². The molecule has 0 fully saturated rings. The Balaban J connectivity index is 2.38. The van der Waals surface area contributed by atoms with E-state index in [2.05, 4.69) is 4.98 Å². The zero-order valence-electron chi connectivity index (χ0n) is 7.60. The first-order valence-corrected chi connectivity index (χ1v) is 4.21. The van der Waals surface area contributed by atoms with Crippen LogP contribution in [0, 0.1) is 0 Å². The van der Waals surface area contributed by atoms with Gasteiger partial charge in [0.15, 0.2) is 0 Å². The number of rotatable bonds is 0. The summed E-state index contributed by atoms with van der Waals surface area (Å²) in [6.45, 7) is 1.18. The highest BCUT2D eigenvalue weighted by atomic mass is 19.4. The number of halogens is 3. The Kier molecular flexibility index (Phi) is 1.99. The Bertz CT molecular complexity index is 360. The molecule has 0 N–H and O–H groups in total. The third kappa shape index (κ3) is 1.59. The van der Waals surface area contributed by atoms with Gasteiger partial charge >= 0.3 is 6.18 Å². The van der Waals surface area contributed by atoms with Gasteiger partial charge in [-0.15, -0.1) is 0 Å². The maximum Gasteiger partial charge on any atom is 0.433 e. The van der Waals surface area contributed by atoms with Gasteiger partial charge in [-0.2, -0.15) is 13.2 Å². The second-order valence-corrected chi connectivity index (χ2v) is 3.47. The molecule has 0 atom stereocenters. The fraction of sp³-hybridized carbons (Fsp3) is 0.444. The summed E-state index contributed by atoms with van der Waals surface area (Å²) in [4.78, 5) is 5.54. The van der Waals surface area contributed by atoms with Crippen LogP contribution in [0.3, 0.4) is 0 Å². The molecule has 2 rings (SSSR count). The van der Waals surface area contributed by atoms with Gasteiger partial charge in [-0.05, 0) is 18.7 Å². The third-order valence-corrected chi connectivity index (χ3v) is 2.22. The summed E-state index contributed by atoms with van der Waals surface area (Å²) >= 11 is 0. The van der Waals surface area contributed by atoms with E-state index in [-0.39, 0.29) is 0 Å². The van der Waals surface area contributed by atoms with Crippen molar-refractivity contribution in [3.8, 4) is 0 Å². The first kappa shape index (κ1) is 9.45. The Labute approximate surface area is 79.4 Å². The zero-order valence-corrected chi connectivity index (χ0v) is 7.60. The van der Waals surface area contributed by atoms with Crippen LogP contribution in [0.4, 0.5) is 13.2 Å². The van der Waals surface area contributed by atoms with E-state index in [9.17, 15) is 13.2 Å². The standard InChI is InChI=1S/C9H9F3N2/c1-14-4-6-2-3-8(9(10,11)12)13-7(6)5-14/h2-3H,4-5H2,1H3. The number of nitrogens with zero attached hydrogens (tertiary/aromatic N) is 2. The monoisotopic (exact) mass is 202 g/mol. The lowest BCUT2D eigenvalue weighted by atomic mass is 10.2. The van der Waals surface area contributed by atoms with Crippen molar-refractivity contribution in [1.29, 1.82) is 0 Å². The molecule has 1 aliphatic rings. The van der Waals surface area contributed by atoms with Gasteiger partial charge in [-0.3, -0.25) is 4.90 Å². The first-order chi connectivity index (χ1) is 6.47. The van der Waals surface area contributed by atoms with E-state index in [1.807, 2.05) is 11.9 Å².